The summed E-state index contributed by atoms with van der Waals surface area (Å²) in [7, 11) is -3.65. The first-order valence-electron chi connectivity index (χ1n) is 10.4. The number of nitrogens with zero attached hydrogens (tertiary/aromatic N) is 2. The van der Waals surface area contributed by atoms with Crippen molar-refractivity contribution < 1.29 is 22.7 Å². The van der Waals surface area contributed by atoms with Crippen LogP contribution in [0.25, 0.3) is 0 Å². The molecule has 0 atom stereocenters. The Morgan fingerprint density at radius 1 is 1.13 bits per heavy atom. The highest BCUT2D eigenvalue weighted by atomic mass is 35.5. The molecule has 166 valence electrons. The average molecular weight is 465 g/mol. The molecule has 0 bridgehead atoms. The van der Waals surface area contributed by atoms with Gasteiger partial charge in [-0.15, -0.1) is 0 Å². The van der Waals surface area contributed by atoms with Gasteiger partial charge in [0.25, 0.3) is 5.91 Å². The van der Waals surface area contributed by atoms with Gasteiger partial charge in [0.05, 0.1) is 15.5 Å². The molecule has 0 aliphatic carbocycles. The quantitative estimate of drug-likeness (QED) is 0.653. The highest BCUT2D eigenvalue weighted by molar-refractivity contribution is 7.89. The third-order valence-corrected chi connectivity index (χ3v) is 7.77. The van der Waals surface area contributed by atoms with Crippen LogP contribution in [-0.4, -0.2) is 56.4 Å². The van der Waals surface area contributed by atoms with Crippen molar-refractivity contribution in [3.05, 3.63) is 52.5 Å². The molecule has 0 unspecified atom stereocenters. The molecule has 2 aromatic rings. The summed E-state index contributed by atoms with van der Waals surface area (Å²) in [5.41, 5.74) is 0.995. The lowest BCUT2D eigenvalue weighted by Crippen LogP contribution is -2.32. The number of carbonyl (C=O) groups excluding carboxylic acids is 1. The van der Waals surface area contributed by atoms with Gasteiger partial charge in [-0.2, -0.15) is 4.31 Å². The molecular weight excluding hydrogens is 440 g/mol. The van der Waals surface area contributed by atoms with Crippen molar-refractivity contribution in [3.63, 3.8) is 0 Å². The van der Waals surface area contributed by atoms with Crippen LogP contribution in [0.4, 0.5) is 0 Å². The number of hydrogen-bond donors (Lipinski definition) is 0. The minimum absolute atomic E-state index is 0.0898. The van der Waals surface area contributed by atoms with Crippen molar-refractivity contribution in [2.45, 2.75) is 31.2 Å². The Kier molecular flexibility index (Phi) is 6.41. The van der Waals surface area contributed by atoms with Crippen molar-refractivity contribution in [2.24, 2.45) is 0 Å². The molecule has 1 saturated heterocycles. The van der Waals surface area contributed by atoms with Crippen LogP contribution in [0.3, 0.4) is 0 Å². The number of ether oxygens (including phenoxy) is 2. The predicted octanol–water partition coefficient (Wildman–Crippen LogP) is 3.56. The minimum atomic E-state index is -3.65. The number of carbonyl (C=O) groups is 1. The van der Waals surface area contributed by atoms with E-state index in [4.69, 9.17) is 21.1 Å². The molecule has 0 aromatic heterocycles. The summed E-state index contributed by atoms with van der Waals surface area (Å²) >= 11 is 6.32. The molecule has 2 aliphatic heterocycles. The van der Waals surface area contributed by atoms with Gasteiger partial charge in [0.2, 0.25) is 10.0 Å². The number of sulfonamides is 1. The van der Waals surface area contributed by atoms with Crippen molar-refractivity contribution in [1.82, 2.24) is 9.21 Å². The van der Waals surface area contributed by atoms with Crippen LogP contribution in [0.2, 0.25) is 5.02 Å². The SMILES string of the molecule is CCN(Cc1cccc2c1OCCO2)C(=O)c1cc(S(=O)(=O)N2CCCC2)ccc1Cl. The molecule has 2 aromatic carbocycles. The van der Waals surface area contributed by atoms with Gasteiger partial charge >= 0.3 is 0 Å². The van der Waals surface area contributed by atoms with Gasteiger partial charge in [0, 0.05) is 31.7 Å². The number of halogens is 1. The van der Waals surface area contributed by atoms with Crippen molar-refractivity contribution in [2.75, 3.05) is 32.8 Å². The number of hydrogen-bond acceptors (Lipinski definition) is 5. The lowest BCUT2D eigenvalue weighted by Gasteiger charge is -2.26. The molecule has 9 heteroatoms. The fourth-order valence-corrected chi connectivity index (χ4v) is 5.61. The van der Waals surface area contributed by atoms with Crippen LogP contribution in [0.5, 0.6) is 11.5 Å². The van der Waals surface area contributed by atoms with E-state index in [0.29, 0.717) is 50.9 Å². The van der Waals surface area contributed by atoms with Crippen LogP contribution in [0, 0.1) is 0 Å². The van der Waals surface area contributed by atoms with Crippen LogP contribution in [0.1, 0.15) is 35.7 Å². The van der Waals surface area contributed by atoms with Gasteiger partial charge in [-0.05, 0) is 44.0 Å². The van der Waals surface area contributed by atoms with E-state index in [1.165, 1.54) is 22.5 Å². The maximum absolute atomic E-state index is 13.3. The largest absolute Gasteiger partial charge is 0.486 e. The molecular formula is C22H25ClN2O5S. The third-order valence-electron chi connectivity index (χ3n) is 5.55. The summed E-state index contributed by atoms with van der Waals surface area (Å²) in [5.74, 6) is 0.959. The van der Waals surface area contributed by atoms with E-state index >= 15 is 0 Å². The first-order valence-corrected chi connectivity index (χ1v) is 12.2. The smallest absolute Gasteiger partial charge is 0.255 e. The first-order chi connectivity index (χ1) is 14.9. The van der Waals surface area contributed by atoms with E-state index in [-0.39, 0.29) is 21.4 Å². The summed E-state index contributed by atoms with van der Waals surface area (Å²) in [4.78, 5) is 15.0. The third kappa shape index (κ3) is 4.37. The highest BCUT2D eigenvalue weighted by Crippen LogP contribution is 2.35. The Hall–Kier alpha value is -2.29. The van der Waals surface area contributed by atoms with Crippen LogP contribution in [0.15, 0.2) is 41.3 Å². The molecule has 7 nitrogen and oxygen atoms in total. The second-order valence-electron chi connectivity index (χ2n) is 7.51. The molecule has 2 heterocycles. The normalized spacial score (nSPS) is 16.3. The molecule has 0 saturated carbocycles. The second kappa shape index (κ2) is 9.06. The predicted molar refractivity (Wildman–Crippen MR) is 117 cm³/mol. The second-order valence-corrected chi connectivity index (χ2v) is 9.86. The van der Waals surface area contributed by atoms with Gasteiger partial charge < -0.3 is 14.4 Å². The molecule has 0 radical (unpaired) electrons. The fourth-order valence-electron chi connectivity index (χ4n) is 3.87. The summed E-state index contributed by atoms with van der Waals surface area (Å²) in [6.45, 7) is 4.51. The lowest BCUT2D eigenvalue weighted by molar-refractivity contribution is 0.0749. The number of para-hydroxylation sites is 1. The monoisotopic (exact) mass is 464 g/mol. The standard InChI is InChI=1S/C22H25ClN2O5S/c1-2-24(15-16-6-5-7-20-21(16)30-13-12-29-20)22(26)18-14-17(8-9-19(18)23)31(27,28)25-10-3-4-11-25/h5-9,14H,2-4,10-13,15H2,1H3. The highest BCUT2D eigenvalue weighted by Gasteiger charge is 2.29. The van der Waals surface area contributed by atoms with E-state index in [2.05, 4.69) is 0 Å². The Balaban J connectivity index is 1.62. The summed E-state index contributed by atoms with van der Waals surface area (Å²) in [5, 5.41) is 0.221. The Morgan fingerprint density at radius 2 is 1.87 bits per heavy atom. The zero-order valence-corrected chi connectivity index (χ0v) is 18.9. The molecule has 2 aliphatic rings. The van der Waals surface area contributed by atoms with E-state index in [1.54, 1.807) is 4.90 Å². The number of rotatable bonds is 6. The van der Waals surface area contributed by atoms with E-state index in [9.17, 15) is 13.2 Å². The van der Waals surface area contributed by atoms with E-state index < -0.39 is 10.0 Å². The molecule has 31 heavy (non-hydrogen) atoms. The van der Waals surface area contributed by atoms with Gasteiger partial charge in [0.15, 0.2) is 11.5 Å². The summed E-state index contributed by atoms with van der Waals surface area (Å²) in [6.07, 6.45) is 1.69. The topological polar surface area (TPSA) is 76.1 Å². The summed E-state index contributed by atoms with van der Waals surface area (Å²) in [6, 6.07) is 9.91. The van der Waals surface area contributed by atoms with Crippen molar-refractivity contribution in [3.8, 4) is 11.5 Å². The average Bonchev–Trinajstić information content (AvgIpc) is 3.33. The van der Waals surface area contributed by atoms with Gasteiger partial charge in [-0.3, -0.25) is 4.79 Å². The first kappa shape index (κ1) is 21.9. The molecule has 1 amide bonds. The van der Waals surface area contributed by atoms with E-state index in [0.717, 1.165) is 18.4 Å². The van der Waals surface area contributed by atoms with Crippen LogP contribution in [-0.2, 0) is 16.6 Å². The maximum atomic E-state index is 13.3. The zero-order valence-electron chi connectivity index (χ0n) is 17.3. The Morgan fingerprint density at radius 3 is 2.61 bits per heavy atom. The minimum Gasteiger partial charge on any atom is -0.486 e. The maximum Gasteiger partial charge on any atom is 0.255 e. The van der Waals surface area contributed by atoms with Crippen LogP contribution >= 0.6 is 11.6 Å². The van der Waals surface area contributed by atoms with Gasteiger partial charge in [0.1, 0.15) is 13.2 Å². The molecule has 0 spiro atoms. The summed E-state index contributed by atoms with van der Waals surface area (Å²) < 4.78 is 38.7. The molecule has 0 N–H and O–H groups in total. The van der Waals surface area contributed by atoms with Crippen LogP contribution < -0.4 is 9.47 Å². The van der Waals surface area contributed by atoms with E-state index in [1.807, 2.05) is 25.1 Å². The molecule has 4 rings (SSSR count). The zero-order chi connectivity index (χ0) is 22.0. The number of benzene rings is 2. The van der Waals surface area contributed by atoms with Gasteiger partial charge in [-0.1, -0.05) is 23.7 Å². The lowest BCUT2D eigenvalue weighted by atomic mass is 10.1. The van der Waals surface area contributed by atoms with Crippen molar-refractivity contribution in [1.29, 1.82) is 0 Å². The number of fused-ring (bicyclic) bond motifs is 1. The molecule has 1 fully saturated rings. The van der Waals surface area contributed by atoms with Crippen molar-refractivity contribution >= 4 is 27.5 Å². The Labute approximate surface area is 187 Å². The Bertz CT molecular complexity index is 1080. The van der Waals surface area contributed by atoms with Gasteiger partial charge in [-0.25, -0.2) is 8.42 Å². The number of amides is 1. The fraction of sp³-hybridized carbons (Fsp3) is 0.409.